The Hall–Kier alpha value is -1.97. The average Bonchev–Trinajstić information content (AvgIpc) is 3.05. The second-order valence-electron chi connectivity index (χ2n) is 4.99. The summed E-state index contributed by atoms with van der Waals surface area (Å²) in [6, 6.07) is 16.9. The maximum Gasteiger partial charge on any atom is 0.124 e. The highest BCUT2D eigenvalue weighted by atomic mass is 32.1. The minimum Gasteiger partial charge on any atom is -0.326 e. The van der Waals surface area contributed by atoms with Crippen molar-refractivity contribution in [2.75, 3.05) is 0 Å². The molecule has 0 saturated heterocycles. The van der Waals surface area contributed by atoms with Crippen LogP contribution < -0.4 is 5.73 Å². The third-order valence-electron chi connectivity index (χ3n) is 3.60. The summed E-state index contributed by atoms with van der Waals surface area (Å²) in [6.07, 6.45) is 1.07. The van der Waals surface area contributed by atoms with Crippen molar-refractivity contribution >= 4 is 11.3 Å². The highest BCUT2D eigenvalue weighted by molar-refractivity contribution is 7.13. The fourth-order valence-electron chi connectivity index (χ4n) is 2.23. The molecule has 0 amide bonds. The van der Waals surface area contributed by atoms with Gasteiger partial charge < -0.3 is 5.73 Å². The molecule has 2 N–H and O–H groups in total. The van der Waals surface area contributed by atoms with Crippen LogP contribution in [0.4, 0.5) is 0 Å². The molecular weight excluding hydrogens is 276 g/mol. The topological polar surface area (TPSA) is 38.9 Å². The van der Waals surface area contributed by atoms with E-state index in [0.29, 0.717) is 6.54 Å². The van der Waals surface area contributed by atoms with E-state index < -0.39 is 0 Å². The standard InChI is InChI=1S/C18H18N2S/c1-2-13-3-7-15(8-4-13)17-12-21-18(20-17)16-9-5-14(11-19)6-10-16/h3-10,12H,2,11,19H2,1H3. The van der Waals surface area contributed by atoms with Crippen molar-refractivity contribution in [1.29, 1.82) is 0 Å². The highest BCUT2D eigenvalue weighted by Crippen LogP contribution is 2.29. The van der Waals surface area contributed by atoms with Gasteiger partial charge in [-0.05, 0) is 17.5 Å². The second kappa shape index (κ2) is 6.20. The molecule has 1 aromatic heterocycles. The van der Waals surface area contributed by atoms with Gasteiger partial charge in [-0.1, -0.05) is 55.5 Å². The first-order valence-corrected chi connectivity index (χ1v) is 8.02. The van der Waals surface area contributed by atoms with Crippen LogP contribution in [0.15, 0.2) is 53.9 Å². The van der Waals surface area contributed by atoms with Gasteiger partial charge in [0.1, 0.15) is 5.01 Å². The molecule has 0 bridgehead atoms. The summed E-state index contributed by atoms with van der Waals surface area (Å²) in [5.74, 6) is 0. The molecule has 0 aliphatic heterocycles. The van der Waals surface area contributed by atoms with Crippen LogP contribution in [0.5, 0.6) is 0 Å². The zero-order valence-corrected chi connectivity index (χ0v) is 12.9. The molecule has 0 unspecified atom stereocenters. The first-order chi connectivity index (χ1) is 10.3. The van der Waals surface area contributed by atoms with Crippen LogP contribution in [0.2, 0.25) is 0 Å². The molecule has 0 saturated carbocycles. The maximum absolute atomic E-state index is 5.63. The van der Waals surface area contributed by atoms with Crippen molar-refractivity contribution in [2.45, 2.75) is 19.9 Å². The molecule has 3 heteroatoms. The Morgan fingerprint density at radius 1 is 0.905 bits per heavy atom. The first kappa shape index (κ1) is 14.0. The van der Waals surface area contributed by atoms with Crippen LogP contribution in [0.25, 0.3) is 21.8 Å². The SMILES string of the molecule is CCc1ccc(-c2csc(-c3ccc(CN)cc3)n2)cc1. The summed E-state index contributed by atoms with van der Waals surface area (Å²) in [4.78, 5) is 4.75. The number of nitrogens with two attached hydrogens (primary N) is 1. The molecule has 0 spiro atoms. The lowest BCUT2D eigenvalue weighted by Gasteiger charge is -2.00. The van der Waals surface area contributed by atoms with E-state index in [4.69, 9.17) is 10.7 Å². The van der Waals surface area contributed by atoms with Crippen molar-refractivity contribution in [3.05, 3.63) is 65.0 Å². The van der Waals surface area contributed by atoms with E-state index in [1.54, 1.807) is 11.3 Å². The van der Waals surface area contributed by atoms with E-state index >= 15 is 0 Å². The zero-order chi connectivity index (χ0) is 14.7. The largest absolute Gasteiger partial charge is 0.326 e. The van der Waals surface area contributed by atoms with Gasteiger partial charge in [-0.2, -0.15) is 0 Å². The van der Waals surface area contributed by atoms with E-state index in [1.165, 1.54) is 11.1 Å². The second-order valence-corrected chi connectivity index (χ2v) is 5.85. The molecule has 0 radical (unpaired) electrons. The number of hydrogen-bond donors (Lipinski definition) is 1. The van der Waals surface area contributed by atoms with Crippen LogP contribution in [0.1, 0.15) is 18.1 Å². The molecule has 2 nitrogen and oxygen atoms in total. The quantitative estimate of drug-likeness (QED) is 0.769. The lowest BCUT2D eigenvalue weighted by atomic mass is 10.1. The van der Waals surface area contributed by atoms with Crippen molar-refractivity contribution in [3.8, 4) is 21.8 Å². The summed E-state index contributed by atoms with van der Waals surface area (Å²) in [6.45, 7) is 2.74. The van der Waals surface area contributed by atoms with Gasteiger partial charge in [0.2, 0.25) is 0 Å². The molecule has 0 fully saturated rings. The van der Waals surface area contributed by atoms with Gasteiger partial charge >= 0.3 is 0 Å². The van der Waals surface area contributed by atoms with E-state index in [1.807, 2.05) is 0 Å². The molecule has 0 aliphatic rings. The predicted molar refractivity (Wildman–Crippen MR) is 90.3 cm³/mol. The van der Waals surface area contributed by atoms with E-state index in [2.05, 4.69) is 60.8 Å². The summed E-state index contributed by atoms with van der Waals surface area (Å²) < 4.78 is 0. The Morgan fingerprint density at radius 3 is 2.14 bits per heavy atom. The van der Waals surface area contributed by atoms with Gasteiger partial charge in [-0.25, -0.2) is 4.98 Å². The van der Waals surface area contributed by atoms with Gasteiger partial charge in [-0.15, -0.1) is 11.3 Å². The Morgan fingerprint density at radius 2 is 1.52 bits per heavy atom. The van der Waals surface area contributed by atoms with Crippen LogP contribution in [0.3, 0.4) is 0 Å². The van der Waals surface area contributed by atoms with Crippen LogP contribution in [0, 0.1) is 0 Å². The third kappa shape index (κ3) is 3.04. The number of aryl methyl sites for hydroxylation is 1. The molecule has 106 valence electrons. The van der Waals surface area contributed by atoms with Crippen molar-refractivity contribution in [3.63, 3.8) is 0 Å². The summed E-state index contributed by atoms with van der Waals surface area (Å²) >= 11 is 1.68. The Labute approximate surface area is 129 Å². The first-order valence-electron chi connectivity index (χ1n) is 7.14. The van der Waals surface area contributed by atoms with E-state index in [0.717, 1.165) is 28.2 Å². The van der Waals surface area contributed by atoms with Gasteiger partial charge in [0.05, 0.1) is 5.69 Å². The smallest absolute Gasteiger partial charge is 0.124 e. The Bertz CT molecular complexity index is 650. The fourth-order valence-corrected chi connectivity index (χ4v) is 3.07. The molecule has 2 aromatic carbocycles. The molecule has 1 heterocycles. The van der Waals surface area contributed by atoms with Gasteiger partial charge in [0.15, 0.2) is 0 Å². The summed E-state index contributed by atoms with van der Waals surface area (Å²) in [7, 11) is 0. The molecule has 0 atom stereocenters. The number of thiazole rings is 1. The number of hydrogen-bond acceptors (Lipinski definition) is 3. The Kier molecular flexibility index (Phi) is 4.13. The number of aromatic nitrogens is 1. The van der Waals surface area contributed by atoms with Gasteiger partial charge in [-0.3, -0.25) is 0 Å². The molecule has 3 aromatic rings. The minimum atomic E-state index is 0.577. The van der Waals surface area contributed by atoms with Crippen LogP contribution in [-0.4, -0.2) is 4.98 Å². The number of nitrogens with zero attached hydrogens (tertiary/aromatic N) is 1. The molecule has 21 heavy (non-hydrogen) atoms. The number of benzene rings is 2. The zero-order valence-electron chi connectivity index (χ0n) is 12.0. The predicted octanol–water partition coefficient (Wildman–Crippen LogP) is 4.50. The fraction of sp³-hybridized carbons (Fsp3) is 0.167. The third-order valence-corrected chi connectivity index (χ3v) is 4.49. The maximum atomic E-state index is 5.63. The summed E-state index contributed by atoms with van der Waals surface area (Å²) in [5.41, 5.74) is 11.5. The summed E-state index contributed by atoms with van der Waals surface area (Å²) in [5, 5.41) is 3.17. The lowest BCUT2D eigenvalue weighted by molar-refractivity contribution is 1.07. The highest BCUT2D eigenvalue weighted by Gasteiger charge is 2.06. The molecule has 0 aliphatic carbocycles. The molecular formula is C18H18N2S. The number of rotatable bonds is 4. The normalized spacial score (nSPS) is 10.8. The van der Waals surface area contributed by atoms with Gasteiger partial charge in [0.25, 0.3) is 0 Å². The van der Waals surface area contributed by atoms with Crippen LogP contribution in [-0.2, 0) is 13.0 Å². The monoisotopic (exact) mass is 294 g/mol. The average molecular weight is 294 g/mol. The van der Waals surface area contributed by atoms with Crippen molar-refractivity contribution in [2.24, 2.45) is 5.73 Å². The van der Waals surface area contributed by atoms with E-state index in [9.17, 15) is 0 Å². The lowest BCUT2D eigenvalue weighted by Crippen LogP contribution is -1.95. The van der Waals surface area contributed by atoms with Gasteiger partial charge in [0, 0.05) is 23.1 Å². The molecule has 3 rings (SSSR count). The van der Waals surface area contributed by atoms with Crippen molar-refractivity contribution < 1.29 is 0 Å². The Balaban J connectivity index is 1.87. The minimum absolute atomic E-state index is 0.577. The van der Waals surface area contributed by atoms with E-state index in [-0.39, 0.29) is 0 Å². The van der Waals surface area contributed by atoms with Crippen LogP contribution >= 0.6 is 11.3 Å². The van der Waals surface area contributed by atoms with Crippen molar-refractivity contribution in [1.82, 2.24) is 4.98 Å².